The van der Waals surface area contributed by atoms with Gasteiger partial charge in [-0.3, -0.25) is 0 Å². The average Bonchev–Trinajstić information content (AvgIpc) is 2.34. The predicted molar refractivity (Wildman–Crippen MR) is 65.0 cm³/mol. The zero-order chi connectivity index (χ0) is 12.5. The molecular formula is C11H23N3O3. The molecule has 0 atom stereocenters. The van der Waals surface area contributed by atoms with Crippen molar-refractivity contribution in [1.82, 2.24) is 15.1 Å². The second kappa shape index (κ2) is 8.27. The van der Waals surface area contributed by atoms with Gasteiger partial charge in [0.25, 0.3) is 0 Å². The molecule has 0 aromatic heterocycles. The first-order valence-corrected chi connectivity index (χ1v) is 6.15. The highest BCUT2D eigenvalue weighted by Gasteiger charge is 2.12. The van der Waals surface area contributed by atoms with Crippen LogP contribution < -0.4 is 5.32 Å². The van der Waals surface area contributed by atoms with E-state index in [1.54, 1.807) is 0 Å². The molecule has 1 aliphatic rings. The Balaban J connectivity index is 1.95. The quantitative estimate of drug-likeness (QED) is 0.608. The Hall–Kier alpha value is -0.850. The lowest BCUT2D eigenvalue weighted by Crippen LogP contribution is -2.45. The molecule has 0 spiro atoms. The third kappa shape index (κ3) is 6.45. The molecule has 0 unspecified atom stereocenters. The van der Waals surface area contributed by atoms with Crippen LogP contribution in [0.3, 0.4) is 0 Å². The Morgan fingerprint density at radius 2 is 2.06 bits per heavy atom. The van der Waals surface area contributed by atoms with Crippen LogP contribution in [-0.2, 0) is 4.74 Å². The van der Waals surface area contributed by atoms with Crippen molar-refractivity contribution in [3.63, 3.8) is 0 Å². The van der Waals surface area contributed by atoms with Crippen LogP contribution in [0.1, 0.15) is 6.42 Å². The fraction of sp³-hybridized carbons (Fsp3) is 0.909. The number of carbonyl (C=O) groups excluding carboxylic acids is 1. The van der Waals surface area contributed by atoms with Gasteiger partial charge >= 0.3 is 6.09 Å². The first-order valence-electron chi connectivity index (χ1n) is 6.15. The number of aliphatic hydroxyl groups excluding tert-OH is 1. The molecule has 1 rings (SSSR count). The van der Waals surface area contributed by atoms with Gasteiger partial charge in [0.2, 0.25) is 0 Å². The minimum atomic E-state index is -0.447. The Morgan fingerprint density at radius 3 is 2.71 bits per heavy atom. The summed E-state index contributed by atoms with van der Waals surface area (Å²) in [6.45, 7) is 6.00. The van der Waals surface area contributed by atoms with Crippen LogP contribution in [0.4, 0.5) is 4.79 Å². The minimum absolute atomic E-state index is 0.0598. The maximum atomic E-state index is 11.0. The van der Waals surface area contributed by atoms with Gasteiger partial charge < -0.3 is 25.0 Å². The van der Waals surface area contributed by atoms with Crippen molar-refractivity contribution in [2.45, 2.75) is 6.42 Å². The maximum Gasteiger partial charge on any atom is 0.407 e. The first kappa shape index (κ1) is 14.2. The molecule has 1 amide bonds. The van der Waals surface area contributed by atoms with E-state index in [-0.39, 0.29) is 13.2 Å². The fourth-order valence-corrected chi connectivity index (χ4v) is 1.75. The summed E-state index contributed by atoms with van der Waals surface area (Å²) in [6.07, 6.45) is 0.482. The van der Waals surface area contributed by atoms with Gasteiger partial charge in [0, 0.05) is 32.7 Å². The van der Waals surface area contributed by atoms with Crippen LogP contribution in [0.2, 0.25) is 0 Å². The second-order valence-corrected chi connectivity index (χ2v) is 4.28. The van der Waals surface area contributed by atoms with Gasteiger partial charge in [-0.25, -0.2) is 4.79 Å². The molecule has 6 heteroatoms. The third-order valence-corrected chi connectivity index (χ3v) is 2.84. The fourth-order valence-electron chi connectivity index (χ4n) is 1.75. The Labute approximate surface area is 103 Å². The molecule has 100 valence electrons. The number of amides is 1. The number of alkyl carbamates (subject to hydrolysis) is 1. The van der Waals surface area contributed by atoms with Crippen molar-refractivity contribution in [2.75, 3.05) is 59.5 Å². The molecule has 0 saturated carbocycles. The van der Waals surface area contributed by atoms with E-state index in [4.69, 9.17) is 5.11 Å². The van der Waals surface area contributed by atoms with E-state index < -0.39 is 6.09 Å². The lowest BCUT2D eigenvalue weighted by Gasteiger charge is -2.32. The van der Waals surface area contributed by atoms with Gasteiger partial charge in [0.15, 0.2) is 0 Å². The smallest absolute Gasteiger partial charge is 0.407 e. The number of carbonyl (C=O) groups is 1. The molecule has 1 aliphatic heterocycles. The molecule has 2 N–H and O–H groups in total. The molecule has 1 saturated heterocycles. The summed E-state index contributed by atoms with van der Waals surface area (Å²) in [5.41, 5.74) is 0. The van der Waals surface area contributed by atoms with Gasteiger partial charge in [-0.2, -0.15) is 0 Å². The molecule has 0 radical (unpaired) electrons. The van der Waals surface area contributed by atoms with Crippen molar-refractivity contribution in [2.24, 2.45) is 0 Å². The molecule has 0 aromatic rings. The lowest BCUT2D eigenvalue weighted by molar-refractivity contribution is 0.118. The van der Waals surface area contributed by atoms with Gasteiger partial charge in [0.1, 0.15) is 6.61 Å². The predicted octanol–water partition coefficient (Wildman–Crippen LogP) is -0.658. The molecule has 1 fully saturated rings. The van der Waals surface area contributed by atoms with E-state index in [9.17, 15) is 4.79 Å². The highest BCUT2D eigenvalue weighted by molar-refractivity contribution is 5.66. The number of aliphatic hydroxyl groups is 1. The van der Waals surface area contributed by atoms with Crippen LogP contribution >= 0.6 is 0 Å². The number of nitrogens with zero attached hydrogens (tertiary/aromatic N) is 2. The summed E-state index contributed by atoms with van der Waals surface area (Å²) < 4.78 is 4.68. The summed E-state index contributed by atoms with van der Waals surface area (Å²) >= 11 is 0. The van der Waals surface area contributed by atoms with Crippen LogP contribution in [0.15, 0.2) is 0 Å². The maximum absolute atomic E-state index is 11.0. The minimum Gasteiger partial charge on any atom is -0.447 e. The standard InChI is InChI=1S/C11H23N3O3/c1-13-5-7-14(8-6-13)4-2-3-12-11(16)17-10-9-15/h15H,2-10H2,1H3,(H,12,16). The van der Waals surface area contributed by atoms with Gasteiger partial charge in [-0.05, 0) is 20.0 Å². The Kier molecular flexibility index (Phi) is 6.91. The Morgan fingerprint density at radius 1 is 1.35 bits per heavy atom. The van der Waals surface area contributed by atoms with Crippen molar-refractivity contribution >= 4 is 6.09 Å². The van der Waals surface area contributed by atoms with E-state index in [1.165, 1.54) is 0 Å². The highest BCUT2D eigenvalue weighted by atomic mass is 16.6. The monoisotopic (exact) mass is 245 g/mol. The number of piperazine rings is 1. The van der Waals surface area contributed by atoms with Crippen molar-refractivity contribution in [1.29, 1.82) is 0 Å². The van der Waals surface area contributed by atoms with Crippen LogP contribution in [0.5, 0.6) is 0 Å². The normalized spacial score (nSPS) is 18.0. The molecule has 0 bridgehead atoms. The number of likely N-dealkylation sites (N-methyl/N-ethyl adjacent to an activating group) is 1. The van der Waals surface area contributed by atoms with Crippen molar-refractivity contribution < 1.29 is 14.6 Å². The van der Waals surface area contributed by atoms with E-state index in [2.05, 4.69) is 26.9 Å². The van der Waals surface area contributed by atoms with Crippen LogP contribution in [-0.4, -0.2) is 80.5 Å². The average molecular weight is 245 g/mol. The lowest BCUT2D eigenvalue weighted by atomic mass is 10.3. The molecule has 0 aliphatic carbocycles. The summed E-state index contributed by atoms with van der Waals surface area (Å²) in [6, 6.07) is 0. The molecule has 17 heavy (non-hydrogen) atoms. The van der Waals surface area contributed by atoms with Crippen LogP contribution in [0.25, 0.3) is 0 Å². The van der Waals surface area contributed by atoms with Gasteiger partial charge in [0.05, 0.1) is 6.61 Å². The summed E-state index contributed by atoms with van der Waals surface area (Å²) in [7, 11) is 2.13. The molecule has 6 nitrogen and oxygen atoms in total. The summed E-state index contributed by atoms with van der Waals surface area (Å²) in [5, 5.41) is 11.1. The number of nitrogens with one attached hydrogen (secondary N) is 1. The summed E-state index contributed by atoms with van der Waals surface area (Å²) in [4.78, 5) is 15.8. The van der Waals surface area contributed by atoms with Gasteiger partial charge in [-0.1, -0.05) is 0 Å². The highest BCUT2D eigenvalue weighted by Crippen LogP contribution is 1.99. The molecule has 0 aromatic carbocycles. The zero-order valence-corrected chi connectivity index (χ0v) is 10.5. The second-order valence-electron chi connectivity index (χ2n) is 4.28. The topological polar surface area (TPSA) is 65.0 Å². The number of ether oxygens (including phenoxy) is 1. The number of hydrogen-bond donors (Lipinski definition) is 2. The largest absolute Gasteiger partial charge is 0.447 e. The van der Waals surface area contributed by atoms with E-state index in [0.29, 0.717) is 6.54 Å². The van der Waals surface area contributed by atoms with E-state index in [0.717, 1.165) is 39.1 Å². The number of rotatable bonds is 6. The summed E-state index contributed by atoms with van der Waals surface area (Å²) in [5.74, 6) is 0. The zero-order valence-electron chi connectivity index (χ0n) is 10.5. The van der Waals surface area contributed by atoms with Crippen LogP contribution in [0, 0.1) is 0 Å². The van der Waals surface area contributed by atoms with E-state index >= 15 is 0 Å². The van der Waals surface area contributed by atoms with E-state index in [1.807, 2.05) is 0 Å². The van der Waals surface area contributed by atoms with Gasteiger partial charge in [-0.15, -0.1) is 0 Å². The Bertz CT molecular complexity index is 218. The molecule has 1 heterocycles. The SMILES string of the molecule is CN1CCN(CCCNC(=O)OCCO)CC1. The third-order valence-electron chi connectivity index (χ3n) is 2.84. The molecular weight excluding hydrogens is 222 g/mol. The van der Waals surface area contributed by atoms with Crippen molar-refractivity contribution in [3.05, 3.63) is 0 Å². The number of hydrogen-bond acceptors (Lipinski definition) is 5. The van der Waals surface area contributed by atoms with Crippen molar-refractivity contribution in [3.8, 4) is 0 Å². The first-order chi connectivity index (χ1) is 8.22.